The molecule has 3 heteroatoms. The highest BCUT2D eigenvalue weighted by atomic mass is 32.1. The van der Waals surface area contributed by atoms with E-state index >= 15 is 0 Å². The monoisotopic (exact) mass is 254 g/mol. The Balaban J connectivity index is 3.07. The van der Waals surface area contributed by atoms with Crippen LogP contribution in [0.25, 0.3) is 0 Å². The van der Waals surface area contributed by atoms with Crippen LogP contribution in [0.2, 0.25) is 0 Å². The Labute approximate surface area is 111 Å². The van der Waals surface area contributed by atoms with Crippen LogP contribution in [0.15, 0.2) is 5.03 Å². The fraction of sp³-hybridized carbons (Fsp3) is 0.786. The van der Waals surface area contributed by atoms with Crippen LogP contribution >= 0.6 is 12.6 Å². The summed E-state index contributed by atoms with van der Waals surface area (Å²) in [4.78, 5) is 4.64. The summed E-state index contributed by atoms with van der Waals surface area (Å²) in [6.45, 7) is 12.2. The van der Waals surface area contributed by atoms with Crippen LogP contribution in [-0.4, -0.2) is 9.55 Å². The van der Waals surface area contributed by atoms with E-state index in [-0.39, 0.29) is 0 Å². The summed E-state index contributed by atoms with van der Waals surface area (Å²) in [5.41, 5.74) is 1.32. The molecule has 1 rings (SSSR count). The van der Waals surface area contributed by atoms with Gasteiger partial charge in [0, 0.05) is 12.5 Å². The molecule has 0 saturated carbocycles. The summed E-state index contributed by atoms with van der Waals surface area (Å²) in [6, 6.07) is 0. The van der Waals surface area contributed by atoms with Gasteiger partial charge in [0.1, 0.15) is 10.9 Å². The number of unbranched alkanes of at least 4 members (excludes halogenated alkanes) is 1. The minimum atomic E-state index is 0.471. The van der Waals surface area contributed by atoms with Crippen molar-refractivity contribution in [3.05, 3.63) is 11.5 Å². The zero-order chi connectivity index (χ0) is 13.0. The van der Waals surface area contributed by atoms with Gasteiger partial charge in [-0.15, -0.1) is 12.6 Å². The molecule has 98 valence electrons. The first kappa shape index (κ1) is 14.6. The number of rotatable bonds is 6. The van der Waals surface area contributed by atoms with Crippen molar-refractivity contribution in [2.45, 2.75) is 71.4 Å². The second-order valence-electron chi connectivity index (χ2n) is 5.50. The van der Waals surface area contributed by atoms with Crippen molar-refractivity contribution in [1.82, 2.24) is 9.55 Å². The minimum Gasteiger partial charge on any atom is -0.331 e. The number of hydrogen-bond acceptors (Lipinski definition) is 2. The molecule has 0 aliphatic heterocycles. The van der Waals surface area contributed by atoms with Crippen molar-refractivity contribution in [3.8, 4) is 0 Å². The van der Waals surface area contributed by atoms with Crippen LogP contribution in [0.3, 0.4) is 0 Å². The molecule has 0 unspecified atom stereocenters. The summed E-state index contributed by atoms with van der Waals surface area (Å²) in [6.07, 6.45) is 3.51. The molecule has 0 amide bonds. The van der Waals surface area contributed by atoms with E-state index in [1.165, 1.54) is 24.4 Å². The van der Waals surface area contributed by atoms with Gasteiger partial charge < -0.3 is 4.57 Å². The van der Waals surface area contributed by atoms with Crippen LogP contribution in [0.1, 0.15) is 64.9 Å². The van der Waals surface area contributed by atoms with E-state index in [4.69, 9.17) is 0 Å². The lowest BCUT2D eigenvalue weighted by Gasteiger charge is -2.14. The van der Waals surface area contributed by atoms with Crippen LogP contribution in [0.5, 0.6) is 0 Å². The van der Waals surface area contributed by atoms with Gasteiger partial charge in [-0.25, -0.2) is 4.98 Å². The third kappa shape index (κ3) is 3.77. The quantitative estimate of drug-likeness (QED) is 0.750. The molecule has 0 saturated heterocycles. The second kappa shape index (κ2) is 6.48. The minimum absolute atomic E-state index is 0.471. The number of nitrogens with zero attached hydrogens (tertiary/aromatic N) is 2. The van der Waals surface area contributed by atoms with E-state index in [2.05, 4.69) is 56.8 Å². The standard InChI is InChI=1S/C14H26N2S/c1-6-7-8-16-12(9-10(2)3)14(17)15-13(16)11(4)5/h10-11,17H,6-9H2,1-5H3. The Kier molecular flexibility index (Phi) is 5.57. The molecule has 0 N–H and O–H groups in total. The summed E-state index contributed by atoms with van der Waals surface area (Å²) < 4.78 is 2.40. The number of thiol groups is 1. The van der Waals surface area contributed by atoms with Crippen molar-refractivity contribution >= 4 is 12.6 Å². The maximum atomic E-state index is 4.64. The molecule has 0 radical (unpaired) electrons. The van der Waals surface area contributed by atoms with Crippen molar-refractivity contribution < 1.29 is 0 Å². The molecule has 0 fully saturated rings. The first-order chi connectivity index (χ1) is 7.97. The van der Waals surface area contributed by atoms with Crippen LogP contribution in [0, 0.1) is 5.92 Å². The van der Waals surface area contributed by atoms with Crippen molar-refractivity contribution in [2.75, 3.05) is 0 Å². The first-order valence-corrected chi connectivity index (χ1v) is 7.20. The van der Waals surface area contributed by atoms with Gasteiger partial charge in [-0.3, -0.25) is 0 Å². The van der Waals surface area contributed by atoms with Gasteiger partial charge in [-0.1, -0.05) is 41.0 Å². The molecule has 1 aromatic rings. The van der Waals surface area contributed by atoms with Crippen molar-refractivity contribution in [3.63, 3.8) is 0 Å². The van der Waals surface area contributed by atoms with Crippen molar-refractivity contribution in [2.24, 2.45) is 5.92 Å². The van der Waals surface area contributed by atoms with Gasteiger partial charge in [-0.05, 0) is 18.8 Å². The van der Waals surface area contributed by atoms with E-state index in [0.717, 1.165) is 18.0 Å². The largest absolute Gasteiger partial charge is 0.331 e. The van der Waals surface area contributed by atoms with E-state index in [1.54, 1.807) is 0 Å². The second-order valence-corrected chi connectivity index (χ2v) is 5.92. The first-order valence-electron chi connectivity index (χ1n) is 6.75. The molecule has 1 heterocycles. The molecule has 0 aliphatic rings. The van der Waals surface area contributed by atoms with E-state index < -0.39 is 0 Å². The normalized spacial score (nSPS) is 11.8. The van der Waals surface area contributed by atoms with Gasteiger partial charge in [0.15, 0.2) is 0 Å². The fourth-order valence-corrected chi connectivity index (χ4v) is 2.40. The predicted octanol–water partition coefficient (Wildman–Crippen LogP) is 4.29. The molecule has 1 aromatic heterocycles. The number of aromatic nitrogens is 2. The van der Waals surface area contributed by atoms with Gasteiger partial charge in [0.25, 0.3) is 0 Å². The zero-order valence-corrected chi connectivity index (χ0v) is 12.7. The highest BCUT2D eigenvalue weighted by Gasteiger charge is 2.17. The lowest BCUT2D eigenvalue weighted by atomic mass is 10.1. The number of hydrogen-bond donors (Lipinski definition) is 1. The van der Waals surface area contributed by atoms with Crippen LogP contribution in [0.4, 0.5) is 0 Å². The molecule has 0 bridgehead atoms. The molecule has 17 heavy (non-hydrogen) atoms. The average molecular weight is 254 g/mol. The maximum absolute atomic E-state index is 4.64. The topological polar surface area (TPSA) is 17.8 Å². The van der Waals surface area contributed by atoms with Gasteiger partial charge in [-0.2, -0.15) is 0 Å². The molecule has 0 aliphatic carbocycles. The molecule has 2 nitrogen and oxygen atoms in total. The molecule has 0 spiro atoms. The Bertz CT molecular complexity index is 353. The smallest absolute Gasteiger partial charge is 0.115 e. The van der Waals surface area contributed by atoms with E-state index in [1.807, 2.05) is 0 Å². The van der Waals surface area contributed by atoms with E-state index in [9.17, 15) is 0 Å². The Morgan fingerprint density at radius 3 is 2.35 bits per heavy atom. The highest BCUT2D eigenvalue weighted by Crippen LogP contribution is 2.24. The highest BCUT2D eigenvalue weighted by molar-refractivity contribution is 7.80. The molecule has 0 atom stereocenters. The van der Waals surface area contributed by atoms with Gasteiger partial charge in [0.2, 0.25) is 0 Å². The Hall–Kier alpha value is -0.440. The lowest BCUT2D eigenvalue weighted by Crippen LogP contribution is -2.10. The summed E-state index contributed by atoms with van der Waals surface area (Å²) in [5.74, 6) is 2.32. The maximum Gasteiger partial charge on any atom is 0.115 e. The SMILES string of the molecule is CCCCn1c(C(C)C)nc(S)c1CC(C)C. The average Bonchev–Trinajstić information content (AvgIpc) is 2.53. The van der Waals surface area contributed by atoms with Crippen LogP contribution < -0.4 is 0 Å². The summed E-state index contributed by atoms with van der Waals surface area (Å²) in [7, 11) is 0. The predicted molar refractivity (Wildman–Crippen MR) is 77.0 cm³/mol. The van der Waals surface area contributed by atoms with E-state index in [0.29, 0.717) is 11.8 Å². The van der Waals surface area contributed by atoms with Crippen LogP contribution in [-0.2, 0) is 13.0 Å². The van der Waals surface area contributed by atoms with Crippen molar-refractivity contribution in [1.29, 1.82) is 0 Å². The molecular formula is C14H26N2S. The Morgan fingerprint density at radius 1 is 1.24 bits per heavy atom. The zero-order valence-electron chi connectivity index (χ0n) is 11.8. The van der Waals surface area contributed by atoms with Gasteiger partial charge in [0.05, 0.1) is 5.69 Å². The third-order valence-corrected chi connectivity index (χ3v) is 3.29. The Morgan fingerprint density at radius 2 is 1.88 bits per heavy atom. The third-order valence-electron chi connectivity index (χ3n) is 2.93. The van der Waals surface area contributed by atoms with Gasteiger partial charge >= 0.3 is 0 Å². The summed E-state index contributed by atoms with van der Waals surface area (Å²) >= 11 is 4.55. The molecular weight excluding hydrogens is 228 g/mol. The fourth-order valence-electron chi connectivity index (χ4n) is 2.09. The summed E-state index contributed by atoms with van der Waals surface area (Å²) in [5, 5.41) is 0.929. The molecule has 0 aromatic carbocycles. The lowest BCUT2D eigenvalue weighted by molar-refractivity contribution is 0.534. The number of imidazole rings is 1.